The SMILES string of the molecule is CCOCCC[N+](CC)(CC)CC. The summed E-state index contributed by atoms with van der Waals surface area (Å²) in [6.45, 7) is 15.7. The fourth-order valence-electron chi connectivity index (χ4n) is 1.79. The highest BCUT2D eigenvalue weighted by molar-refractivity contribution is 4.40. The highest BCUT2D eigenvalue weighted by Gasteiger charge is 2.19. The Balaban J connectivity index is 3.68. The smallest absolute Gasteiger partial charge is 0.0808 e. The quantitative estimate of drug-likeness (QED) is 0.419. The Hall–Kier alpha value is -0.0800. The van der Waals surface area contributed by atoms with Crippen LogP contribution in [-0.4, -0.2) is 43.9 Å². The van der Waals surface area contributed by atoms with Crippen LogP contribution in [0.1, 0.15) is 34.1 Å². The van der Waals surface area contributed by atoms with Crippen LogP contribution in [-0.2, 0) is 4.74 Å². The molecule has 13 heavy (non-hydrogen) atoms. The summed E-state index contributed by atoms with van der Waals surface area (Å²) in [6.07, 6.45) is 1.20. The summed E-state index contributed by atoms with van der Waals surface area (Å²) in [4.78, 5) is 0. The second-order valence-corrected chi connectivity index (χ2v) is 3.56. The minimum atomic E-state index is 0.852. The monoisotopic (exact) mass is 188 g/mol. The first-order valence-corrected chi connectivity index (χ1v) is 5.67. The average molecular weight is 188 g/mol. The molecule has 0 fully saturated rings. The highest BCUT2D eigenvalue weighted by atomic mass is 16.5. The minimum absolute atomic E-state index is 0.852. The fraction of sp³-hybridized carbons (Fsp3) is 1.00. The summed E-state index contributed by atoms with van der Waals surface area (Å²) < 4.78 is 6.60. The van der Waals surface area contributed by atoms with Gasteiger partial charge in [-0.15, -0.1) is 0 Å². The van der Waals surface area contributed by atoms with Gasteiger partial charge in [-0.3, -0.25) is 0 Å². The van der Waals surface area contributed by atoms with Crippen molar-refractivity contribution in [1.29, 1.82) is 0 Å². The second kappa shape index (κ2) is 7.34. The maximum atomic E-state index is 5.35. The first-order chi connectivity index (χ1) is 6.24. The molecule has 0 aromatic heterocycles. The van der Waals surface area contributed by atoms with E-state index in [0.29, 0.717) is 0 Å². The maximum absolute atomic E-state index is 5.35. The van der Waals surface area contributed by atoms with Gasteiger partial charge in [-0.25, -0.2) is 0 Å². The van der Waals surface area contributed by atoms with Crippen molar-refractivity contribution in [3.63, 3.8) is 0 Å². The van der Waals surface area contributed by atoms with E-state index in [2.05, 4.69) is 27.7 Å². The lowest BCUT2D eigenvalue weighted by atomic mass is 10.3. The third-order valence-electron chi connectivity index (χ3n) is 3.14. The largest absolute Gasteiger partial charge is 0.382 e. The van der Waals surface area contributed by atoms with Crippen LogP contribution in [0.4, 0.5) is 0 Å². The van der Waals surface area contributed by atoms with Crippen LogP contribution in [0.3, 0.4) is 0 Å². The highest BCUT2D eigenvalue weighted by Crippen LogP contribution is 2.06. The van der Waals surface area contributed by atoms with Crippen LogP contribution in [0.2, 0.25) is 0 Å². The molecule has 0 amide bonds. The van der Waals surface area contributed by atoms with E-state index in [-0.39, 0.29) is 0 Å². The second-order valence-electron chi connectivity index (χ2n) is 3.56. The molecule has 0 aromatic rings. The zero-order chi connectivity index (χ0) is 10.2. The fourth-order valence-corrected chi connectivity index (χ4v) is 1.79. The van der Waals surface area contributed by atoms with Crippen molar-refractivity contribution in [2.24, 2.45) is 0 Å². The van der Waals surface area contributed by atoms with Gasteiger partial charge in [0.2, 0.25) is 0 Å². The summed E-state index contributed by atoms with van der Waals surface area (Å²) in [6, 6.07) is 0. The van der Waals surface area contributed by atoms with Crippen LogP contribution in [0, 0.1) is 0 Å². The summed E-state index contributed by atoms with van der Waals surface area (Å²) in [5, 5.41) is 0. The lowest BCUT2D eigenvalue weighted by Gasteiger charge is -2.35. The molecule has 0 unspecified atom stereocenters. The molecular formula is C11H26NO+. The number of nitrogens with zero attached hydrogens (tertiary/aromatic N) is 1. The molecule has 0 radical (unpaired) electrons. The predicted octanol–water partition coefficient (Wildman–Crippen LogP) is 2.29. The van der Waals surface area contributed by atoms with Crippen molar-refractivity contribution in [2.45, 2.75) is 34.1 Å². The van der Waals surface area contributed by atoms with Gasteiger partial charge in [-0.2, -0.15) is 0 Å². The summed E-state index contributed by atoms with van der Waals surface area (Å²) in [5.74, 6) is 0. The summed E-state index contributed by atoms with van der Waals surface area (Å²) in [5.41, 5.74) is 0. The van der Waals surface area contributed by atoms with Crippen LogP contribution < -0.4 is 0 Å². The zero-order valence-electron chi connectivity index (χ0n) is 9.81. The Morgan fingerprint density at radius 1 is 0.923 bits per heavy atom. The van der Waals surface area contributed by atoms with Gasteiger partial charge in [0.25, 0.3) is 0 Å². The molecular weight excluding hydrogens is 162 g/mol. The van der Waals surface area contributed by atoms with E-state index in [9.17, 15) is 0 Å². The van der Waals surface area contributed by atoms with Crippen LogP contribution >= 0.6 is 0 Å². The van der Waals surface area contributed by atoms with Gasteiger partial charge in [0.15, 0.2) is 0 Å². The molecule has 0 spiro atoms. The van der Waals surface area contributed by atoms with E-state index in [0.717, 1.165) is 13.2 Å². The normalized spacial score (nSPS) is 12.0. The first-order valence-electron chi connectivity index (χ1n) is 5.67. The zero-order valence-corrected chi connectivity index (χ0v) is 9.81. The molecule has 0 saturated carbocycles. The maximum Gasteiger partial charge on any atom is 0.0808 e. The standard InChI is InChI=1S/C11H26NO/c1-5-12(6-2,7-3)10-9-11-13-8-4/h5-11H2,1-4H3/q+1. The molecule has 0 aliphatic carbocycles. The van der Waals surface area contributed by atoms with Gasteiger partial charge < -0.3 is 9.22 Å². The number of rotatable bonds is 8. The van der Waals surface area contributed by atoms with Gasteiger partial charge in [0, 0.05) is 13.0 Å². The van der Waals surface area contributed by atoms with Crippen molar-refractivity contribution in [2.75, 3.05) is 39.4 Å². The molecule has 0 N–H and O–H groups in total. The Morgan fingerprint density at radius 3 is 1.85 bits per heavy atom. The molecule has 0 rings (SSSR count). The molecule has 80 valence electrons. The van der Waals surface area contributed by atoms with Crippen molar-refractivity contribution in [1.82, 2.24) is 0 Å². The van der Waals surface area contributed by atoms with Crippen LogP contribution in [0.5, 0.6) is 0 Å². The van der Waals surface area contributed by atoms with Crippen molar-refractivity contribution < 1.29 is 9.22 Å². The Bertz CT molecular complexity index is 102. The van der Waals surface area contributed by atoms with E-state index >= 15 is 0 Å². The molecule has 0 aliphatic heterocycles. The van der Waals surface area contributed by atoms with Gasteiger partial charge >= 0.3 is 0 Å². The van der Waals surface area contributed by atoms with Gasteiger partial charge in [0.1, 0.15) is 0 Å². The Kier molecular flexibility index (Phi) is 7.29. The molecule has 0 saturated heterocycles. The number of ether oxygens (including phenoxy) is 1. The van der Waals surface area contributed by atoms with Crippen molar-refractivity contribution in [3.8, 4) is 0 Å². The molecule has 0 aliphatic rings. The van der Waals surface area contributed by atoms with Crippen molar-refractivity contribution in [3.05, 3.63) is 0 Å². The number of hydrogen-bond donors (Lipinski definition) is 0. The molecule has 0 heterocycles. The molecule has 0 bridgehead atoms. The summed E-state index contributed by atoms with van der Waals surface area (Å²) >= 11 is 0. The van der Waals surface area contributed by atoms with Crippen LogP contribution in [0.25, 0.3) is 0 Å². The van der Waals surface area contributed by atoms with E-state index in [1.54, 1.807) is 0 Å². The molecule has 0 aromatic carbocycles. The Labute approximate surface area is 83.5 Å². The van der Waals surface area contributed by atoms with Crippen LogP contribution in [0.15, 0.2) is 0 Å². The van der Waals surface area contributed by atoms with Crippen molar-refractivity contribution >= 4 is 0 Å². The topological polar surface area (TPSA) is 9.23 Å². The lowest BCUT2D eigenvalue weighted by Crippen LogP contribution is -2.48. The average Bonchev–Trinajstić information content (AvgIpc) is 2.20. The van der Waals surface area contributed by atoms with Gasteiger partial charge in [-0.05, 0) is 27.7 Å². The van der Waals surface area contributed by atoms with Gasteiger partial charge in [-0.1, -0.05) is 0 Å². The lowest BCUT2D eigenvalue weighted by molar-refractivity contribution is -0.923. The summed E-state index contributed by atoms with van der Waals surface area (Å²) in [7, 11) is 0. The third kappa shape index (κ3) is 4.63. The van der Waals surface area contributed by atoms with E-state index in [1.165, 1.54) is 37.1 Å². The molecule has 0 atom stereocenters. The predicted molar refractivity (Wildman–Crippen MR) is 57.9 cm³/mol. The first kappa shape index (κ1) is 12.9. The Morgan fingerprint density at radius 2 is 1.46 bits per heavy atom. The molecule has 2 heteroatoms. The van der Waals surface area contributed by atoms with E-state index in [4.69, 9.17) is 4.74 Å². The van der Waals surface area contributed by atoms with Gasteiger partial charge in [0.05, 0.1) is 32.8 Å². The van der Waals surface area contributed by atoms with E-state index < -0.39 is 0 Å². The van der Waals surface area contributed by atoms with E-state index in [1.807, 2.05) is 0 Å². The number of hydrogen-bond acceptors (Lipinski definition) is 1. The minimum Gasteiger partial charge on any atom is -0.382 e. The molecule has 2 nitrogen and oxygen atoms in total. The number of quaternary nitrogens is 1. The third-order valence-corrected chi connectivity index (χ3v) is 3.14.